The van der Waals surface area contributed by atoms with Crippen LogP contribution in [0.5, 0.6) is 0 Å². The van der Waals surface area contributed by atoms with Gasteiger partial charge in [0.1, 0.15) is 0 Å². The van der Waals surface area contributed by atoms with E-state index in [0.29, 0.717) is 5.41 Å². The molecule has 1 aliphatic carbocycles. The molecule has 1 nitrogen and oxygen atoms in total. The molecule has 0 radical (unpaired) electrons. The van der Waals surface area contributed by atoms with E-state index in [0.717, 1.165) is 6.42 Å². The predicted molar refractivity (Wildman–Crippen MR) is 65.1 cm³/mol. The third kappa shape index (κ3) is 1.69. The summed E-state index contributed by atoms with van der Waals surface area (Å²) in [5, 5.41) is 0. The molecule has 0 bridgehead atoms. The Morgan fingerprint density at radius 1 is 1.40 bits per heavy atom. The summed E-state index contributed by atoms with van der Waals surface area (Å²) >= 11 is 0. The minimum absolute atomic E-state index is 0.282. The molecule has 2 N–H and O–H groups in total. The zero-order chi connectivity index (χ0) is 11.1. The number of aryl methyl sites for hydroxylation is 2. The zero-order valence-electron chi connectivity index (χ0n) is 10.0. The van der Waals surface area contributed by atoms with E-state index in [9.17, 15) is 0 Å². The van der Waals surface area contributed by atoms with Gasteiger partial charge in [-0.2, -0.15) is 0 Å². The van der Waals surface area contributed by atoms with Gasteiger partial charge in [0.15, 0.2) is 0 Å². The molecule has 0 aliphatic heterocycles. The fraction of sp³-hybridized carbons (Fsp3) is 0.571. The highest BCUT2D eigenvalue weighted by Gasteiger charge is 2.48. The largest absolute Gasteiger partial charge is 0.327 e. The van der Waals surface area contributed by atoms with Gasteiger partial charge in [0.25, 0.3) is 0 Å². The van der Waals surface area contributed by atoms with Gasteiger partial charge < -0.3 is 5.73 Å². The fourth-order valence-corrected chi connectivity index (χ4v) is 2.57. The van der Waals surface area contributed by atoms with E-state index in [1.807, 2.05) is 0 Å². The molecule has 1 aliphatic rings. The standard InChI is InChI=1S/C14H21N/c1-4-12-6-5-10(2)9-13(12)14(7-8-14)11(3)15/h5-6,9,11H,4,7-8,15H2,1-3H3. The van der Waals surface area contributed by atoms with Crippen molar-refractivity contribution in [3.63, 3.8) is 0 Å². The third-order valence-electron chi connectivity index (χ3n) is 3.84. The average molecular weight is 203 g/mol. The normalized spacial score (nSPS) is 20.0. The van der Waals surface area contributed by atoms with Gasteiger partial charge in [-0.3, -0.25) is 0 Å². The number of hydrogen-bond donors (Lipinski definition) is 1. The Hall–Kier alpha value is -0.820. The van der Waals surface area contributed by atoms with Crippen molar-refractivity contribution in [2.24, 2.45) is 5.73 Å². The van der Waals surface area contributed by atoms with E-state index in [2.05, 4.69) is 39.0 Å². The molecule has 2 rings (SSSR count). The van der Waals surface area contributed by atoms with Crippen molar-refractivity contribution >= 4 is 0 Å². The Balaban J connectivity index is 2.46. The molecule has 82 valence electrons. The Bertz CT molecular complexity index is 362. The smallest absolute Gasteiger partial charge is 0.0108 e. The summed E-state index contributed by atoms with van der Waals surface area (Å²) in [6.45, 7) is 6.54. The molecule has 1 fully saturated rings. The van der Waals surface area contributed by atoms with Crippen LogP contribution in [0, 0.1) is 6.92 Å². The van der Waals surface area contributed by atoms with Crippen LogP contribution in [0.15, 0.2) is 18.2 Å². The lowest BCUT2D eigenvalue weighted by Crippen LogP contribution is -2.32. The first-order chi connectivity index (χ1) is 7.10. The van der Waals surface area contributed by atoms with Gasteiger partial charge in [-0.05, 0) is 44.2 Å². The molecule has 1 heteroatoms. The van der Waals surface area contributed by atoms with E-state index in [1.165, 1.54) is 29.5 Å². The van der Waals surface area contributed by atoms with Gasteiger partial charge in [-0.25, -0.2) is 0 Å². The molecule has 1 aromatic rings. The van der Waals surface area contributed by atoms with Crippen molar-refractivity contribution in [1.29, 1.82) is 0 Å². The highest BCUT2D eigenvalue weighted by atomic mass is 14.7. The van der Waals surface area contributed by atoms with Gasteiger partial charge in [-0.1, -0.05) is 30.7 Å². The van der Waals surface area contributed by atoms with Crippen molar-refractivity contribution in [1.82, 2.24) is 0 Å². The van der Waals surface area contributed by atoms with Crippen LogP contribution < -0.4 is 5.73 Å². The molecule has 0 saturated heterocycles. The second-order valence-corrected chi connectivity index (χ2v) is 4.96. The molecular weight excluding hydrogens is 182 g/mol. The summed E-state index contributed by atoms with van der Waals surface area (Å²) in [4.78, 5) is 0. The summed E-state index contributed by atoms with van der Waals surface area (Å²) in [5.41, 5.74) is 10.8. The van der Waals surface area contributed by atoms with Crippen molar-refractivity contribution in [3.8, 4) is 0 Å². The van der Waals surface area contributed by atoms with Gasteiger partial charge in [0.2, 0.25) is 0 Å². The van der Waals surface area contributed by atoms with Crippen LogP contribution in [0.2, 0.25) is 0 Å². The minimum Gasteiger partial charge on any atom is -0.327 e. The number of benzene rings is 1. The van der Waals surface area contributed by atoms with Crippen molar-refractivity contribution in [2.75, 3.05) is 0 Å². The molecule has 1 unspecified atom stereocenters. The first-order valence-electron chi connectivity index (χ1n) is 5.96. The lowest BCUT2D eigenvalue weighted by Gasteiger charge is -2.23. The Kier molecular flexibility index (Phi) is 2.59. The number of hydrogen-bond acceptors (Lipinski definition) is 1. The summed E-state index contributed by atoms with van der Waals surface area (Å²) in [6.07, 6.45) is 3.65. The van der Waals surface area contributed by atoms with Gasteiger partial charge in [-0.15, -0.1) is 0 Å². The lowest BCUT2D eigenvalue weighted by molar-refractivity contribution is 0.552. The van der Waals surface area contributed by atoms with E-state index in [4.69, 9.17) is 5.73 Å². The van der Waals surface area contributed by atoms with Crippen LogP contribution in [0.4, 0.5) is 0 Å². The Morgan fingerprint density at radius 2 is 2.07 bits per heavy atom. The maximum Gasteiger partial charge on any atom is 0.0108 e. The van der Waals surface area contributed by atoms with Crippen LogP contribution in [0.1, 0.15) is 43.4 Å². The van der Waals surface area contributed by atoms with E-state index < -0.39 is 0 Å². The second-order valence-electron chi connectivity index (χ2n) is 4.96. The monoisotopic (exact) mass is 203 g/mol. The predicted octanol–water partition coefficient (Wildman–Crippen LogP) is 2.94. The van der Waals surface area contributed by atoms with Crippen LogP contribution in [0.25, 0.3) is 0 Å². The summed E-state index contributed by atoms with van der Waals surface area (Å²) in [6, 6.07) is 7.10. The quantitative estimate of drug-likeness (QED) is 0.803. The fourth-order valence-electron chi connectivity index (χ4n) is 2.57. The topological polar surface area (TPSA) is 26.0 Å². The van der Waals surface area contributed by atoms with Crippen molar-refractivity contribution in [3.05, 3.63) is 34.9 Å². The zero-order valence-corrected chi connectivity index (χ0v) is 10.0. The van der Waals surface area contributed by atoms with Crippen molar-refractivity contribution in [2.45, 2.75) is 51.5 Å². The van der Waals surface area contributed by atoms with Crippen LogP contribution in [0.3, 0.4) is 0 Å². The highest BCUT2D eigenvalue weighted by Crippen LogP contribution is 2.51. The molecule has 0 aromatic heterocycles. The highest BCUT2D eigenvalue weighted by molar-refractivity contribution is 5.42. The number of rotatable bonds is 3. The number of nitrogens with two attached hydrogens (primary N) is 1. The molecule has 1 atom stereocenters. The Morgan fingerprint density at radius 3 is 2.53 bits per heavy atom. The van der Waals surface area contributed by atoms with Crippen LogP contribution in [-0.2, 0) is 11.8 Å². The van der Waals surface area contributed by atoms with Crippen LogP contribution in [-0.4, -0.2) is 6.04 Å². The third-order valence-corrected chi connectivity index (χ3v) is 3.84. The second kappa shape index (κ2) is 3.64. The van der Waals surface area contributed by atoms with Crippen molar-refractivity contribution < 1.29 is 0 Å². The van der Waals surface area contributed by atoms with E-state index >= 15 is 0 Å². The summed E-state index contributed by atoms with van der Waals surface area (Å²) < 4.78 is 0. The molecule has 0 amide bonds. The summed E-state index contributed by atoms with van der Waals surface area (Å²) in [5.74, 6) is 0. The van der Waals surface area contributed by atoms with E-state index in [-0.39, 0.29) is 6.04 Å². The molecule has 0 heterocycles. The molecule has 15 heavy (non-hydrogen) atoms. The first-order valence-corrected chi connectivity index (χ1v) is 5.96. The van der Waals surface area contributed by atoms with Crippen LogP contribution >= 0.6 is 0 Å². The average Bonchev–Trinajstić information content (AvgIpc) is 2.98. The first kappa shape index (κ1) is 10.7. The molecular formula is C14H21N. The molecule has 1 saturated carbocycles. The molecule has 0 spiro atoms. The summed E-state index contributed by atoms with van der Waals surface area (Å²) in [7, 11) is 0. The van der Waals surface area contributed by atoms with Gasteiger partial charge in [0, 0.05) is 11.5 Å². The van der Waals surface area contributed by atoms with Gasteiger partial charge >= 0.3 is 0 Å². The lowest BCUT2D eigenvalue weighted by atomic mass is 9.84. The minimum atomic E-state index is 0.282. The van der Waals surface area contributed by atoms with Gasteiger partial charge in [0.05, 0.1) is 0 Å². The van der Waals surface area contributed by atoms with E-state index in [1.54, 1.807) is 0 Å². The SMILES string of the molecule is CCc1ccc(C)cc1C1(C(C)N)CC1. The molecule has 1 aromatic carbocycles. The maximum atomic E-state index is 6.14. The Labute approximate surface area is 92.7 Å². The maximum absolute atomic E-state index is 6.14.